The molecule has 0 nitrogen and oxygen atoms in total. The molecule has 0 aromatic carbocycles. The van der Waals surface area contributed by atoms with Crippen LogP contribution in [-0.2, 0) is 0 Å². The lowest BCUT2D eigenvalue weighted by Gasteiger charge is -2.01. The van der Waals surface area contributed by atoms with Gasteiger partial charge >= 0.3 is 0 Å². The highest BCUT2D eigenvalue weighted by Crippen LogP contribution is 2.12. The van der Waals surface area contributed by atoms with Gasteiger partial charge in [-0.25, -0.2) is 0 Å². The summed E-state index contributed by atoms with van der Waals surface area (Å²) in [6.45, 7) is 6.16. The molecule has 119 valence electrons. The zero-order chi connectivity index (χ0) is 14.7. The normalized spacial score (nSPS) is 11.5. The van der Waals surface area contributed by atoms with Gasteiger partial charge in [-0.2, -0.15) is 0 Å². The zero-order valence-corrected chi connectivity index (χ0v) is 14.2. The van der Waals surface area contributed by atoms with Crippen LogP contribution in [0.15, 0.2) is 12.2 Å². The minimum Gasteiger partial charge on any atom is -0.0885 e. The maximum Gasteiger partial charge on any atom is -0.0351 e. The number of allylic oxidation sites excluding steroid dienone is 2. The molecule has 0 unspecified atom stereocenters. The van der Waals surface area contributed by atoms with E-state index in [0.717, 1.165) is 6.42 Å². The minimum atomic E-state index is 1.09. The van der Waals surface area contributed by atoms with Gasteiger partial charge < -0.3 is 0 Å². The van der Waals surface area contributed by atoms with E-state index < -0.39 is 0 Å². The van der Waals surface area contributed by atoms with Crippen LogP contribution < -0.4 is 0 Å². The molecule has 0 aromatic rings. The summed E-state index contributed by atoms with van der Waals surface area (Å²) in [5.41, 5.74) is 0. The largest absolute Gasteiger partial charge is 0.0885 e. The fourth-order valence-corrected chi connectivity index (χ4v) is 2.60. The Kier molecular flexibility index (Phi) is 18.5. The minimum absolute atomic E-state index is 1.09. The second-order valence-corrected chi connectivity index (χ2v) is 6.14. The van der Waals surface area contributed by atoms with Crippen molar-refractivity contribution in [2.45, 2.75) is 110 Å². The van der Waals surface area contributed by atoms with E-state index in [1.54, 1.807) is 0 Å². The summed E-state index contributed by atoms with van der Waals surface area (Å²) in [6, 6.07) is 0. The highest BCUT2D eigenvalue weighted by molar-refractivity contribution is 4.81. The van der Waals surface area contributed by atoms with E-state index in [0.29, 0.717) is 0 Å². The highest BCUT2D eigenvalue weighted by atomic mass is 14.0. The van der Waals surface area contributed by atoms with Gasteiger partial charge in [-0.05, 0) is 25.7 Å². The Hall–Kier alpha value is -0.260. The first kappa shape index (κ1) is 19.7. The number of hydrogen-bond donors (Lipinski definition) is 0. The van der Waals surface area contributed by atoms with Crippen LogP contribution in [0.2, 0.25) is 0 Å². The Bertz CT molecular complexity index is 180. The fourth-order valence-electron chi connectivity index (χ4n) is 2.60. The maximum absolute atomic E-state index is 3.87. The van der Waals surface area contributed by atoms with Crippen LogP contribution in [0.25, 0.3) is 0 Å². The number of unbranched alkanes of at least 4 members (excludes halogenated alkanes) is 14. The summed E-state index contributed by atoms with van der Waals surface area (Å²) in [6.07, 6.45) is 26.8. The van der Waals surface area contributed by atoms with Crippen LogP contribution in [0.5, 0.6) is 0 Å². The molecular formula is C20H39. The third-order valence-electron chi connectivity index (χ3n) is 4.01. The molecule has 0 aliphatic rings. The van der Waals surface area contributed by atoms with Crippen molar-refractivity contribution in [2.75, 3.05) is 0 Å². The molecule has 0 bridgehead atoms. The second kappa shape index (κ2) is 18.7. The molecular weight excluding hydrogens is 240 g/mol. The number of hydrogen-bond acceptors (Lipinski definition) is 0. The van der Waals surface area contributed by atoms with Crippen molar-refractivity contribution in [1.82, 2.24) is 0 Å². The summed E-state index contributed by atoms with van der Waals surface area (Å²) >= 11 is 0. The molecule has 0 aromatic heterocycles. The van der Waals surface area contributed by atoms with Gasteiger partial charge in [-0.3, -0.25) is 0 Å². The highest BCUT2D eigenvalue weighted by Gasteiger charge is 1.92. The van der Waals surface area contributed by atoms with Gasteiger partial charge in [0.2, 0.25) is 0 Å². The quantitative estimate of drug-likeness (QED) is 0.201. The van der Waals surface area contributed by atoms with Crippen molar-refractivity contribution in [1.29, 1.82) is 0 Å². The van der Waals surface area contributed by atoms with Crippen LogP contribution in [0.3, 0.4) is 0 Å². The molecule has 0 aliphatic heterocycles. The molecule has 0 saturated heterocycles. The third kappa shape index (κ3) is 17.7. The molecule has 20 heavy (non-hydrogen) atoms. The Balaban J connectivity index is 2.99. The number of rotatable bonds is 16. The molecule has 0 saturated carbocycles. The molecule has 0 amide bonds. The first-order chi connectivity index (χ1) is 9.91. The van der Waals surface area contributed by atoms with E-state index in [1.165, 1.54) is 96.3 Å². The topological polar surface area (TPSA) is 0 Å². The van der Waals surface area contributed by atoms with Gasteiger partial charge in [-0.15, -0.1) is 0 Å². The lowest BCUT2D eigenvalue weighted by molar-refractivity contribution is 0.550. The molecule has 0 atom stereocenters. The van der Waals surface area contributed by atoms with Gasteiger partial charge in [0, 0.05) is 0 Å². The van der Waals surface area contributed by atoms with Crippen LogP contribution in [0, 0.1) is 6.92 Å². The van der Waals surface area contributed by atoms with Gasteiger partial charge in [0.1, 0.15) is 0 Å². The molecule has 0 heteroatoms. The van der Waals surface area contributed by atoms with E-state index in [1.807, 2.05) is 0 Å². The van der Waals surface area contributed by atoms with E-state index in [-0.39, 0.29) is 0 Å². The van der Waals surface area contributed by atoms with Crippen LogP contribution >= 0.6 is 0 Å². The Morgan fingerprint density at radius 3 is 1.40 bits per heavy atom. The second-order valence-electron chi connectivity index (χ2n) is 6.14. The predicted molar refractivity (Wildman–Crippen MR) is 94.0 cm³/mol. The summed E-state index contributed by atoms with van der Waals surface area (Å²) in [4.78, 5) is 0. The average Bonchev–Trinajstić information content (AvgIpc) is 2.47. The summed E-state index contributed by atoms with van der Waals surface area (Å²) in [7, 11) is 0. The van der Waals surface area contributed by atoms with Crippen LogP contribution in [0.4, 0.5) is 0 Å². The van der Waals surface area contributed by atoms with Crippen molar-refractivity contribution in [3.63, 3.8) is 0 Å². The van der Waals surface area contributed by atoms with Gasteiger partial charge in [-0.1, -0.05) is 103 Å². The molecule has 0 fully saturated rings. The lowest BCUT2D eigenvalue weighted by Crippen LogP contribution is -1.82. The third-order valence-corrected chi connectivity index (χ3v) is 4.01. The standard InChI is InChI=1S/C20H39/c1-3-5-7-9-11-13-15-17-19-20-18-16-14-12-10-8-6-4-2/h11,13H,1,3-10,12,14-20H2,2H3. The monoisotopic (exact) mass is 279 g/mol. The van der Waals surface area contributed by atoms with E-state index in [9.17, 15) is 0 Å². The molecule has 0 N–H and O–H groups in total. The molecule has 0 rings (SSSR count). The summed E-state index contributed by atoms with van der Waals surface area (Å²) in [5, 5.41) is 0. The average molecular weight is 280 g/mol. The van der Waals surface area contributed by atoms with E-state index in [4.69, 9.17) is 0 Å². The molecule has 1 radical (unpaired) electrons. The maximum atomic E-state index is 3.87. The molecule has 0 heterocycles. The fraction of sp³-hybridized carbons (Fsp3) is 0.850. The van der Waals surface area contributed by atoms with E-state index in [2.05, 4.69) is 26.0 Å². The van der Waals surface area contributed by atoms with Crippen molar-refractivity contribution in [3.05, 3.63) is 19.1 Å². The molecule has 0 aliphatic carbocycles. The lowest BCUT2D eigenvalue weighted by atomic mass is 10.1. The molecule has 0 spiro atoms. The Labute approximate surface area is 129 Å². The smallest absolute Gasteiger partial charge is 0.0351 e. The van der Waals surface area contributed by atoms with Crippen molar-refractivity contribution in [2.24, 2.45) is 0 Å². The SMILES string of the molecule is [CH2]CCCCC=CCCCCCCCCCCCCC. The van der Waals surface area contributed by atoms with Crippen molar-refractivity contribution in [3.8, 4) is 0 Å². The first-order valence-electron chi connectivity index (χ1n) is 9.36. The first-order valence-corrected chi connectivity index (χ1v) is 9.36. The van der Waals surface area contributed by atoms with Crippen LogP contribution in [-0.4, -0.2) is 0 Å². The Morgan fingerprint density at radius 2 is 0.950 bits per heavy atom. The van der Waals surface area contributed by atoms with E-state index >= 15 is 0 Å². The van der Waals surface area contributed by atoms with Gasteiger partial charge in [0.05, 0.1) is 0 Å². The summed E-state index contributed by atoms with van der Waals surface area (Å²) < 4.78 is 0. The predicted octanol–water partition coefficient (Wildman–Crippen LogP) is 7.64. The van der Waals surface area contributed by atoms with Crippen LogP contribution in [0.1, 0.15) is 110 Å². The van der Waals surface area contributed by atoms with Gasteiger partial charge in [0.15, 0.2) is 0 Å². The zero-order valence-electron chi connectivity index (χ0n) is 14.2. The van der Waals surface area contributed by atoms with Crippen molar-refractivity contribution < 1.29 is 0 Å². The summed E-state index contributed by atoms with van der Waals surface area (Å²) in [5.74, 6) is 0. The van der Waals surface area contributed by atoms with Gasteiger partial charge in [0.25, 0.3) is 0 Å². The van der Waals surface area contributed by atoms with Crippen molar-refractivity contribution >= 4 is 0 Å². The Morgan fingerprint density at radius 1 is 0.550 bits per heavy atom.